The maximum atomic E-state index is 13.2. The van der Waals surface area contributed by atoms with Crippen molar-refractivity contribution >= 4 is 22.7 Å². The largest absolute Gasteiger partial charge is 0.492 e. The molecule has 0 fully saturated rings. The number of ether oxygens (including phenoxy) is 1. The fourth-order valence-electron chi connectivity index (χ4n) is 3.06. The first-order valence-corrected chi connectivity index (χ1v) is 10.4. The number of benzene rings is 2. The Morgan fingerprint density at radius 1 is 1.03 bits per heavy atom. The van der Waals surface area contributed by atoms with Crippen molar-refractivity contribution in [2.75, 3.05) is 12.4 Å². The van der Waals surface area contributed by atoms with Crippen LogP contribution in [0.1, 0.15) is 11.1 Å². The quantitative estimate of drug-likeness (QED) is 0.268. The second-order valence-corrected chi connectivity index (χ2v) is 7.77. The lowest BCUT2D eigenvalue weighted by Crippen LogP contribution is -2.23. The summed E-state index contributed by atoms with van der Waals surface area (Å²) in [4.78, 5) is 22.3. The number of aromatic nitrogens is 3. The highest BCUT2D eigenvalue weighted by atomic mass is 32.2. The van der Waals surface area contributed by atoms with E-state index in [0.717, 1.165) is 16.9 Å². The van der Waals surface area contributed by atoms with E-state index in [2.05, 4.69) is 4.98 Å². The zero-order valence-corrected chi connectivity index (χ0v) is 17.1. The van der Waals surface area contributed by atoms with Crippen LogP contribution in [-0.4, -0.2) is 26.9 Å². The Morgan fingerprint density at radius 3 is 2.66 bits per heavy atom. The Morgan fingerprint density at radius 2 is 1.83 bits per heavy atom. The molecule has 0 amide bonds. The fourth-order valence-corrected chi connectivity index (χ4v) is 3.87. The summed E-state index contributed by atoms with van der Waals surface area (Å²) in [5.41, 5.74) is 2.70. The third-order valence-electron chi connectivity index (χ3n) is 4.54. The highest BCUT2D eigenvalue weighted by Crippen LogP contribution is 2.22. The van der Waals surface area contributed by atoms with Crippen molar-refractivity contribution in [3.8, 4) is 11.6 Å². The minimum Gasteiger partial charge on any atom is -0.492 e. The Labute approximate surface area is 173 Å². The molecular weight excluding hydrogens is 382 g/mol. The second kappa shape index (κ2) is 8.49. The molecule has 0 aliphatic carbocycles. The van der Waals surface area contributed by atoms with E-state index in [1.807, 2.05) is 68.4 Å². The van der Waals surface area contributed by atoms with Crippen molar-refractivity contribution in [3.05, 3.63) is 88.3 Å². The normalized spacial score (nSPS) is 11.0. The molecule has 0 N–H and O–H groups in total. The standard InChI is InChI=1S/C23H21N3O2S/c1-16-11-12-24-21(15-16)26-22(27)18-8-4-5-9-19(18)25-23(26)29-14-13-28-20-10-6-3-7-17(20)2/h3-12,15H,13-14H2,1-2H3. The molecule has 0 saturated carbocycles. The van der Waals surface area contributed by atoms with Crippen molar-refractivity contribution in [2.24, 2.45) is 0 Å². The monoisotopic (exact) mass is 403 g/mol. The Hall–Kier alpha value is -3.12. The number of aryl methyl sites for hydroxylation is 2. The summed E-state index contributed by atoms with van der Waals surface area (Å²) < 4.78 is 7.48. The number of rotatable bonds is 6. The molecule has 0 unspecified atom stereocenters. The molecule has 0 aliphatic rings. The van der Waals surface area contributed by atoms with Crippen LogP contribution in [0.25, 0.3) is 16.7 Å². The summed E-state index contributed by atoms with van der Waals surface area (Å²) in [7, 11) is 0. The van der Waals surface area contributed by atoms with E-state index >= 15 is 0 Å². The van der Waals surface area contributed by atoms with E-state index in [4.69, 9.17) is 9.72 Å². The second-order valence-electron chi connectivity index (χ2n) is 6.71. The molecule has 4 rings (SSSR count). The summed E-state index contributed by atoms with van der Waals surface area (Å²) in [6.07, 6.45) is 1.71. The fraction of sp³-hybridized carbons (Fsp3) is 0.174. The first-order chi connectivity index (χ1) is 14.1. The third kappa shape index (κ3) is 4.17. The van der Waals surface area contributed by atoms with Gasteiger partial charge in [-0.2, -0.15) is 0 Å². The van der Waals surface area contributed by atoms with Gasteiger partial charge in [0, 0.05) is 11.9 Å². The van der Waals surface area contributed by atoms with Crippen molar-refractivity contribution < 1.29 is 4.74 Å². The summed E-state index contributed by atoms with van der Waals surface area (Å²) in [5.74, 6) is 2.11. The van der Waals surface area contributed by atoms with Gasteiger partial charge in [0.05, 0.1) is 17.5 Å². The molecule has 0 spiro atoms. The van der Waals surface area contributed by atoms with Crippen LogP contribution < -0.4 is 10.3 Å². The topological polar surface area (TPSA) is 57.0 Å². The number of hydrogen-bond acceptors (Lipinski definition) is 5. The van der Waals surface area contributed by atoms with Gasteiger partial charge in [-0.05, 0) is 55.3 Å². The molecule has 0 radical (unpaired) electrons. The van der Waals surface area contributed by atoms with Crippen LogP contribution in [0.4, 0.5) is 0 Å². The van der Waals surface area contributed by atoms with Crippen molar-refractivity contribution in [2.45, 2.75) is 19.0 Å². The van der Waals surface area contributed by atoms with Gasteiger partial charge in [-0.25, -0.2) is 14.5 Å². The van der Waals surface area contributed by atoms with Gasteiger partial charge in [0.1, 0.15) is 11.6 Å². The highest BCUT2D eigenvalue weighted by Gasteiger charge is 2.14. The minimum absolute atomic E-state index is 0.115. The number of thioether (sulfide) groups is 1. The SMILES string of the molecule is Cc1ccnc(-n2c(SCCOc3ccccc3C)nc3ccccc3c2=O)c1. The van der Waals surface area contributed by atoms with Gasteiger partial charge in [-0.1, -0.05) is 42.1 Å². The van der Waals surface area contributed by atoms with Gasteiger partial charge in [0.15, 0.2) is 5.16 Å². The predicted octanol–water partition coefficient (Wildman–Crippen LogP) is 4.57. The number of fused-ring (bicyclic) bond motifs is 1. The number of nitrogens with zero attached hydrogens (tertiary/aromatic N) is 3. The zero-order chi connectivity index (χ0) is 20.2. The van der Waals surface area contributed by atoms with Crippen LogP contribution in [0.3, 0.4) is 0 Å². The zero-order valence-electron chi connectivity index (χ0n) is 16.3. The van der Waals surface area contributed by atoms with Gasteiger partial charge >= 0.3 is 0 Å². The summed E-state index contributed by atoms with van der Waals surface area (Å²) in [6, 6.07) is 19.1. The van der Waals surface area contributed by atoms with Gasteiger partial charge in [0.2, 0.25) is 0 Å². The maximum Gasteiger partial charge on any atom is 0.267 e. The van der Waals surface area contributed by atoms with Gasteiger partial charge < -0.3 is 4.74 Å². The average Bonchev–Trinajstić information content (AvgIpc) is 2.72. The summed E-state index contributed by atoms with van der Waals surface area (Å²) in [5, 5.41) is 1.19. The van der Waals surface area contributed by atoms with E-state index in [1.165, 1.54) is 11.8 Å². The van der Waals surface area contributed by atoms with E-state index in [1.54, 1.807) is 16.8 Å². The van der Waals surface area contributed by atoms with Gasteiger partial charge in [0.25, 0.3) is 5.56 Å². The van der Waals surface area contributed by atoms with Crippen LogP contribution in [0.5, 0.6) is 5.75 Å². The van der Waals surface area contributed by atoms with Gasteiger partial charge in [-0.3, -0.25) is 4.79 Å². The molecule has 0 aliphatic heterocycles. The van der Waals surface area contributed by atoms with E-state index in [-0.39, 0.29) is 5.56 Å². The number of para-hydroxylation sites is 2. The van der Waals surface area contributed by atoms with Crippen molar-refractivity contribution in [1.29, 1.82) is 0 Å². The molecule has 146 valence electrons. The molecule has 5 nitrogen and oxygen atoms in total. The predicted molar refractivity (Wildman–Crippen MR) is 117 cm³/mol. The molecule has 0 saturated heterocycles. The third-order valence-corrected chi connectivity index (χ3v) is 5.44. The molecule has 6 heteroatoms. The van der Waals surface area contributed by atoms with Crippen LogP contribution in [0, 0.1) is 13.8 Å². The number of pyridine rings is 1. The molecule has 2 heterocycles. The van der Waals surface area contributed by atoms with Crippen LogP contribution in [0.2, 0.25) is 0 Å². The number of hydrogen-bond donors (Lipinski definition) is 0. The highest BCUT2D eigenvalue weighted by molar-refractivity contribution is 7.99. The lowest BCUT2D eigenvalue weighted by molar-refractivity contribution is 0.341. The molecule has 4 aromatic rings. The average molecular weight is 404 g/mol. The van der Waals surface area contributed by atoms with E-state index in [9.17, 15) is 4.79 Å². The maximum absolute atomic E-state index is 13.2. The molecule has 2 aromatic carbocycles. The van der Waals surface area contributed by atoms with Crippen LogP contribution >= 0.6 is 11.8 Å². The molecule has 0 bridgehead atoms. The Balaban J connectivity index is 1.64. The van der Waals surface area contributed by atoms with Crippen LogP contribution in [0.15, 0.2) is 76.8 Å². The lowest BCUT2D eigenvalue weighted by Gasteiger charge is -2.13. The summed E-state index contributed by atoms with van der Waals surface area (Å²) >= 11 is 1.49. The van der Waals surface area contributed by atoms with Crippen LogP contribution in [-0.2, 0) is 0 Å². The Kier molecular flexibility index (Phi) is 5.62. The van der Waals surface area contributed by atoms with Gasteiger partial charge in [-0.15, -0.1) is 0 Å². The van der Waals surface area contributed by atoms with E-state index in [0.29, 0.717) is 34.2 Å². The lowest BCUT2D eigenvalue weighted by atomic mass is 10.2. The molecule has 0 atom stereocenters. The minimum atomic E-state index is -0.115. The summed E-state index contributed by atoms with van der Waals surface area (Å²) in [6.45, 7) is 4.52. The smallest absolute Gasteiger partial charge is 0.267 e. The molecule has 29 heavy (non-hydrogen) atoms. The van der Waals surface area contributed by atoms with Crippen molar-refractivity contribution in [1.82, 2.24) is 14.5 Å². The van der Waals surface area contributed by atoms with E-state index < -0.39 is 0 Å². The molecular formula is C23H21N3O2S. The Bertz CT molecular complexity index is 1220. The first kappa shape index (κ1) is 19.2. The molecule has 2 aromatic heterocycles. The first-order valence-electron chi connectivity index (χ1n) is 9.39. The van der Waals surface area contributed by atoms with Crippen molar-refractivity contribution in [3.63, 3.8) is 0 Å².